The highest BCUT2D eigenvalue weighted by Gasteiger charge is 2.27. The van der Waals surface area contributed by atoms with Gasteiger partial charge in [0.25, 0.3) is 5.91 Å². The van der Waals surface area contributed by atoms with Crippen LogP contribution in [0.1, 0.15) is 12.5 Å². The summed E-state index contributed by atoms with van der Waals surface area (Å²) in [5.41, 5.74) is 0.640. The van der Waals surface area contributed by atoms with Crippen LogP contribution in [0.25, 0.3) is 0 Å². The van der Waals surface area contributed by atoms with Gasteiger partial charge in [-0.25, -0.2) is 4.90 Å². The van der Waals surface area contributed by atoms with Crippen molar-refractivity contribution in [2.75, 3.05) is 23.9 Å². The molecule has 2 N–H and O–H groups in total. The molecule has 1 atom stereocenters. The van der Waals surface area contributed by atoms with Gasteiger partial charge in [-0.15, -0.1) is 0 Å². The molecule has 0 saturated carbocycles. The van der Waals surface area contributed by atoms with Crippen molar-refractivity contribution < 1.29 is 18.0 Å². The Morgan fingerprint density at radius 3 is 2.46 bits per heavy atom. The summed E-state index contributed by atoms with van der Waals surface area (Å²) in [7, 11) is 0. The average Bonchev–Trinajstić information content (AvgIpc) is 2.56. The summed E-state index contributed by atoms with van der Waals surface area (Å²) in [6.07, 6.45) is -1.62. The molecule has 0 bridgehead atoms. The lowest BCUT2D eigenvalue weighted by Crippen LogP contribution is -2.49. The van der Waals surface area contributed by atoms with Crippen LogP contribution in [-0.2, 0) is 11.2 Å². The van der Waals surface area contributed by atoms with Crippen LogP contribution >= 0.6 is 24.0 Å². The first-order valence-corrected chi connectivity index (χ1v) is 9.43. The predicted octanol–water partition coefficient (Wildman–Crippen LogP) is 3.14. The lowest BCUT2D eigenvalue weighted by atomic mass is 10.1. The topological polar surface area (TPSA) is 68.2 Å². The van der Waals surface area contributed by atoms with Gasteiger partial charge in [0.1, 0.15) is 6.04 Å². The van der Waals surface area contributed by atoms with E-state index in [1.165, 1.54) is 36.0 Å². The zero-order valence-corrected chi connectivity index (χ0v) is 15.9. The van der Waals surface area contributed by atoms with Crippen molar-refractivity contribution in [3.8, 4) is 6.19 Å². The number of nitrogens with zero attached hydrogens (tertiary/aromatic N) is 2. The van der Waals surface area contributed by atoms with E-state index < -0.39 is 24.5 Å². The normalized spacial score (nSPS) is 12.0. The van der Waals surface area contributed by atoms with Crippen LogP contribution in [0.5, 0.6) is 0 Å². The molecule has 0 radical (unpaired) electrons. The lowest BCUT2D eigenvalue weighted by Gasteiger charge is -2.22. The SMILES string of the molecule is CCN(C#N)C(=O)C(CSC)NC(=S)Nc1ccc(CC(F)(F)F)cc1. The van der Waals surface area contributed by atoms with Gasteiger partial charge in [-0.2, -0.15) is 30.2 Å². The fraction of sp³-hybridized carbons (Fsp3) is 0.438. The third kappa shape index (κ3) is 7.49. The molecule has 1 unspecified atom stereocenters. The summed E-state index contributed by atoms with van der Waals surface area (Å²) in [5.74, 6) is 0.0117. The van der Waals surface area contributed by atoms with Crippen LogP contribution in [0.3, 0.4) is 0 Å². The minimum absolute atomic E-state index is 0.143. The number of rotatable bonds is 7. The van der Waals surface area contributed by atoms with E-state index in [0.717, 1.165) is 4.90 Å². The Morgan fingerprint density at radius 1 is 1.38 bits per heavy atom. The Morgan fingerprint density at radius 2 is 2.00 bits per heavy atom. The predicted molar refractivity (Wildman–Crippen MR) is 101 cm³/mol. The zero-order valence-electron chi connectivity index (χ0n) is 14.3. The van der Waals surface area contributed by atoms with Gasteiger partial charge in [-0.05, 0) is 43.1 Å². The summed E-state index contributed by atoms with van der Waals surface area (Å²) in [5, 5.41) is 14.8. The van der Waals surface area contributed by atoms with Gasteiger partial charge >= 0.3 is 6.18 Å². The highest BCUT2D eigenvalue weighted by atomic mass is 32.2. The second-order valence-corrected chi connectivity index (χ2v) is 6.60. The third-order valence-corrected chi connectivity index (χ3v) is 4.14. The monoisotopic (exact) mass is 404 g/mol. The van der Waals surface area contributed by atoms with E-state index in [2.05, 4.69) is 10.6 Å². The molecular weight excluding hydrogens is 385 g/mol. The van der Waals surface area contributed by atoms with Crippen LogP contribution in [0.15, 0.2) is 24.3 Å². The lowest BCUT2D eigenvalue weighted by molar-refractivity contribution is -0.129. The average molecular weight is 404 g/mol. The number of likely N-dealkylation sites (N-methyl/N-ethyl adjacent to an activating group) is 1. The second kappa shape index (κ2) is 10.2. The summed E-state index contributed by atoms with van der Waals surface area (Å²) < 4.78 is 37.1. The van der Waals surface area contributed by atoms with Crippen molar-refractivity contribution in [1.29, 1.82) is 5.26 Å². The van der Waals surface area contributed by atoms with E-state index >= 15 is 0 Å². The van der Waals surface area contributed by atoms with Crippen LogP contribution in [0.2, 0.25) is 0 Å². The van der Waals surface area contributed by atoms with E-state index in [-0.39, 0.29) is 17.2 Å². The van der Waals surface area contributed by atoms with Crippen molar-refractivity contribution in [2.24, 2.45) is 0 Å². The second-order valence-electron chi connectivity index (χ2n) is 5.28. The number of benzene rings is 1. The fourth-order valence-corrected chi connectivity index (χ4v) is 2.89. The fourth-order valence-electron chi connectivity index (χ4n) is 2.07. The van der Waals surface area contributed by atoms with Crippen molar-refractivity contribution in [2.45, 2.75) is 25.6 Å². The minimum atomic E-state index is -4.26. The number of nitriles is 1. The molecule has 0 heterocycles. The maximum Gasteiger partial charge on any atom is 0.393 e. The van der Waals surface area contributed by atoms with Crippen molar-refractivity contribution in [3.63, 3.8) is 0 Å². The first-order chi connectivity index (χ1) is 12.2. The molecule has 1 rings (SSSR count). The molecule has 5 nitrogen and oxygen atoms in total. The quantitative estimate of drug-likeness (QED) is 0.413. The van der Waals surface area contributed by atoms with Crippen molar-refractivity contribution >= 4 is 40.7 Å². The molecule has 0 saturated heterocycles. The summed E-state index contributed by atoms with van der Waals surface area (Å²) in [6, 6.07) is 4.99. The maximum atomic E-state index is 12.4. The number of nitrogens with one attached hydrogen (secondary N) is 2. The van der Waals surface area contributed by atoms with Gasteiger partial charge in [0.15, 0.2) is 11.3 Å². The Bertz CT molecular complexity index is 659. The molecule has 10 heteroatoms. The Hall–Kier alpha value is -1.99. The molecule has 26 heavy (non-hydrogen) atoms. The Labute approximate surface area is 159 Å². The molecule has 142 valence electrons. The number of hydrogen-bond donors (Lipinski definition) is 2. The Balaban J connectivity index is 2.70. The number of carbonyl (C=O) groups is 1. The molecule has 0 aliphatic rings. The smallest absolute Gasteiger partial charge is 0.350 e. The molecule has 0 aliphatic carbocycles. The van der Waals surface area contributed by atoms with E-state index in [0.29, 0.717) is 11.4 Å². The highest BCUT2D eigenvalue weighted by Crippen LogP contribution is 2.22. The van der Waals surface area contributed by atoms with Gasteiger partial charge in [-0.3, -0.25) is 4.79 Å². The summed E-state index contributed by atoms with van der Waals surface area (Å²) in [4.78, 5) is 13.3. The molecule has 0 aliphatic heterocycles. The number of carbonyl (C=O) groups excluding carboxylic acids is 1. The van der Waals surface area contributed by atoms with Crippen molar-refractivity contribution in [1.82, 2.24) is 10.2 Å². The first-order valence-electron chi connectivity index (χ1n) is 7.63. The molecule has 0 aromatic heterocycles. The third-order valence-electron chi connectivity index (χ3n) is 3.26. The van der Waals surface area contributed by atoms with E-state index in [1.807, 2.05) is 12.4 Å². The van der Waals surface area contributed by atoms with Gasteiger partial charge in [0.05, 0.1) is 6.42 Å². The van der Waals surface area contributed by atoms with Crippen LogP contribution in [-0.4, -0.2) is 46.7 Å². The number of anilines is 1. The summed E-state index contributed by atoms with van der Waals surface area (Å²) in [6.45, 7) is 1.94. The molecule has 1 amide bonds. The number of halogens is 3. The van der Waals surface area contributed by atoms with Crippen molar-refractivity contribution in [3.05, 3.63) is 29.8 Å². The number of hydrogen-bond acceptors (Lipinski definition) is 4. The largest absolute Gasteiger partial charge is 0.393 e. The maximum absolute atomic E-state index is 12.4. The standard InChI is InChI=1S/C16H19F3N4OS2/c1-3-23(10-20)14(24)13(9-26-2)22-15(25)21-12-6-4-11(5-7-12)8-16(17,18)19/h4-7,13H,3,8-9H2,1-2H3,(H2,21,22,25). The number of amides is 1. The number of thiocarbonyl (C=S) groups is 1. The molecule has 1 aromatic carbocycles. The highest BCUT2D eigenvalue weighted by molar-refractivity contribution is 7.98. The first kappa shape index (κ1) is 22.1. The molecule has 1 aromatic rings. The van der Waals surface area contributed by atoms with E-state index in [4.69, 9.17) is 17.5 Å². The van der Waals surface area contributed by atoms with E-state index in [9.17, 15) is 18.0 Å². The molecular formula is C16H19F3N4OS2. The minimum Gasteiger partial charge on any atom is -0.350 e. The van der Waals surface area contributed by atoms with Crippen LogP contribution < -0.4 is 10.6 Å². The van der Waals surface area contributed by atoms with Gasteiger partial charge in [-0.1, -0.05) is 12.1 Å². The van der Waals surface area contributed by atoms with E-state index in [1.54, 1.807) is 6.92 Å². The molecule has 0 fully saturated rings. The Kier molecular flexibility index (Phi) is 8.68. The zero-order chi connectivity index (χ0) is 19.7. The van der Waals surface area contributed by atoms with Gasteiger partial charge in [0.2, 0.25) is 0 Å². The number of thioether (sulfide) groups is 1. The molecule has 0 spiro atoms. The van der Waals surface area contributed by atoms with Gasteiger partial charge in [0, 0.05) is 18.0 Å². The van der Waals surface area contributed by atoms with Crippen LogP contribution in [0, 0.1) is 11.5 Å². The van der Waals surface area contributed by atoms with Crippen LogP contribution in [0.4, 0.5) is 18.9 Å². The summed E-state index contributed by atoms with van der Waals surface area (Å²) >= 11 is 6.58. The number of alkyl halides is 3. The van der Waals surface area contributed by atoms with Gasteiger partial charge < -0.3 is 10.6 Å².